The predicted molar refractivity (Wildman–Crippen MR) is 89.3 cm³/mol. The largest absolute Gasteiger partial charge is 0.507 e. The third-order valence-electron chi connectivity index (χ3n) is 3.59. The van der Waals surface area contributed by atoms with Crippen LogP contribution < -0.4 is 10.4 Å². The van der Waals surface area contributed by atoms with E-state index < -0.39 is 8.32 Å². The second kappa shape index (κ2) is 6.55. The van der Waals surface area contributed by atoms with E-state index in [9.17, 15) is 4.79 Å². The van der Waals surface area contributed by atoms with Crippen LogP contribution in [-0.2, 0) is 9.22 Å². The van der Waals surface area contributed by atoms with Gasteiger partial charge in [0.15, 0.2) is 0 Å². The molecule has 2 aromatic rings. The number of carbonyl (C=O) groups is 1. The Labute approximate surface area is 127 Å². The molecule has 0 aliphatic rings. The van der Waals surface area contributed by atoms with Crippen molar-refractivity contribution in [3.8, 4) is 0 Å². The van der Waals surface area contributed by atoms with Crippen LogP contribution in [0.3, 0.4) is 0 Å². The van der Waals surface area contributed by atoms with Crippen molar-refractivity contribution in [1.29, 1.82) is 0 Å². The van der Waals surface area contributed by atoms with Crippen molar-refractivity contribution in [2.24, 2.45) is 0 Å². The maximum atomic E-state index is 12.2. The summed E-state index contributed by atoms with van der Waals surface area (Å²) in [6.45, 7) is 7.48. The predicted octanol–water partition coefficient (Wildman–Crippen LogP) is 2.89. The summed E-state index contributed by atoms with van der Waals surface area (Å²) < 4.78 is 6.02. The SMILES string of the molecule is C=C(C)C(=O)O[Si](CC)(c1ccccc1)c1ccccc1. The molecule has 0 fully saturated rings. The monoisotopic (exact) mass is 296 g/mol. The summed E-state index contributed by atoms with van der Waals surface area (Å²) >= 11 is 0. The first-order valence-electron chi connectivity index (χ1n) is 7.10. The third kappa shape index (κ3) is 3.14. The molecule has 0 radical (unpaired) electrons. The van der Waals surface area contributed by atoms with Crippen LogP contribution in [-0.4, -0.2) is 14.3 Å². The molecule has 0 aliphatic carbocycles. The molecule has 0 N–H and O–H groups in total. The summed E-state index contributed by atoms with van der Waals surface area (Å²) in [6, 6.07) is 20.9. The zero-order valence-corrected chi connectivity index (χ0v) is 13.5. The number of carbonyl (C=O) groups excluding carboxylic acids is 1. The third-order valence-corrected chi connectivity index (χ3v) is 7.66. The fourth-order valence-electron chi connectivity index (χ4n) is 2.43. The Balaban J connectivity index is 2.57. The van der Waals surface area contributed by atoms with E-state index in [1.807, 2.05) is 36.4 Å². The molecule has 0 aliphatic heterocycles. The lowest BCUT2D eigenvalue weighted by molar-refractivity contribution is -0.130. The van der Waals surface area contributed by atoms with Crippen molar-refractivity contribution in [3.63, 3.8) is 0 Å². The molecule has 0 spiro atoms. The van der Waals surface area contributed by atoms with Crippen molar-refractivity contribution in [3.05, 3.63) is 72.8 Å². The summed E-state index contributed by atoms with van der Waals surface area (Å²) in [5, 5.41) is 2.21. The van der Waals surface area contributed by atoms with Crippen LogP contribution in [0.25, 0.3) is 0 Å². The lowest BCUT2D eigenvalue weighted by Crippen LogP contribution is -2.61. The van der Waals surface area contributed by atoms with E-state index in [4.69, 9.17) is 4.43 Å². The molecular weight excluding hydrogens is 276 g/mol. The van der Waals surface area contributed by atoms with Crippen molar-refractivity contribution in [2.45, 2.75) is 19.9 Å². The Morgan fingerprint density at radius 2 is 1.43 bits per heavy atom. The van der Waals surface area contributed by atoms with E-state index in [-0.39, 0.29) is 5.97 Å². The highest BCUT2D eigenvalue weighted by molar-refractivity contribution is 6.98. The maximum Gasteiger partial charge on any atom is 0.320 e. The minimum Gasteiger partial charge on any atom is -0.507 e. The second-order valence-electron chi connectivity index (χ2n) is 5.08. The van der Waals surface area contributed by atoms with Crippen LogP contribution in [0.1, 0.15) is 13.8 Å². The highest BCUT2D eigenvalue weighted by Crippen LogP contribution is 2.15. The van der Waals surface area contributed by atoms with Crippen molar-refractivity contribution in [1.82, 2.24) is 0 Å². The number of benzene rings is 2. The average molecular weight is 296 g/mol. The smallest absolute Gasteiger partial charge is 0.320 e. The van der Waals surface area contributed by atoms with Gasteiger partial charge in [0.2, 0.25) is 0 Å². The van der Waals surface area contributed by atoms with E-state index in [1.165, 1.54) is 0 Å². The highest BCUT2D eigenvalue weighted by Gasteiger charge is 2.41. The van der Waals surface area contributed by atoms with E-state index >= 15 is 0 Å². The van der Waals surface area contributed by atoms with Gasteiger partial charge in [-0.2, -0.15) is 0 Å². The van der Waals surface area contributed by atoms with Crippen molar-refractivity contribution >= 4 is 24.7 Å². The van der Waals surface area contributed by atoms with E-state index in [1.54, 1.807) is 6.92 Å². The molecule has 0 bridgehead atoms. The summed E-state index contributed by atoms with van der Waals surface area (Å²) in [5.41, 5.74) is 0.437. The zero-order chi connectivity index (χ0) is 15.3. The van der Waals surface area contributed by atoms with Crippen LogP contribution in [0.15, 0.2) is 72.8 Å². The summed E-state index contributed by atoms with van der Waals surface area (Å²) in [7, 11) is -2.56. The van der Waals surface area contributed by atoms with Crippen LogP contribution in [0, 0.1) is 0 Å². The number of hydrogen-bond acceptors (Lipinski definition) is 2. The lowest BCUT2D eigenvalue weighted by atomic mass is 10.4. The maximum absolute atomic E-state index is 12.2. The van der Waals surface area contributed by atoms with E-state index in [0.717, 1.165) is 16.4 Å². The summed E-state index contributed by atoms with van der Waals surface area (Å²) in [5.74, 6) is -0.309. The fraction of sp³-hybridized carbons (Fsp3) is 0.167. The van der Waals surface area contributed by atoms with Gasteiger partial charge in [-0.1, -0.05) is 74.2 Å². The van der Waals surface area contributed by atoms with Gasteiger partial charge >= 0.3 is 14.3 Å². The van der Waals surface area contributed by atoms with E-state index in [2.05, 4.69) is 37.8 Å². The quantitative estimate of drug-likeness (QED) is 0.626. The Morgan fingerprint density at radius 3 is 1.76 bits per heavy atom. The Kier molecular flexibility index (Phi) is 4.76. The molecule has 108 valence electrons. The van der Waals surface area contributed by atoms with Gasteiger partial charge in [0.05, 0.1) is 0 Å². The topological polar surface area (TPSA) is 26.3 Å². The Morgan fingerprint density at radius 1 is 1.00 bits per heavy atom. The summed E-state index contributed by atoms with van der Waals surface area (Å²) in [4.78, 5) is 12.2. The molecule has 2 aromatic carbocycles. The molecular formula is C18H20O2Si. The molecule has 2 rings (SSSR count). The molecule has 2 nitrogen and oxygen atoms in total. The van der Waals surface area contributed by atoms with Crippen LogP contribution in [0.5, 0.6) is 0 Å². The van der Waals surface area contributed by atoms with Crippen LogP contribution in [0.2, 0.25) is 6.04 Å². The van der Waals surface area contributed by atoms with Gasteiger partial charge in [0.25, 0.3) is 0 Å². The van der Waals surface area contributed by atoms with Gasteiger partial charge in [-0.15, -0.1) is 0 Å². The van der Waals surface area contributed by atoms with Crippen molar-refractivity contribution < 1.29 is 9.22 Å². The first-order chi connectivity index (χ1) is 10.1. The molecule has 0 saturated carbocycles. The normalized spacial score (nSPS) is 11.0. The first kappa shape index (κ1) is 15.3. The molecule has 0 saturated heterocycles. The van der Waals surface area contributed by atoms with Gasteiger partial charge in [0.1, 0.15) is 0 Å². The average Bonchev–Trinajstić information content (AvgIpc) is 2.54. The zero-order valence-electron chi connectivity index (χ0n) is 12.5. The molecule has 0 aromatic heterocycles. The van der Waals surface area contributed by atoms with Crippen LogP contribution in [0.4, 0.5) is 0 Å². The molecule has 0 amide bonds. The molecule has 0 heterocycles. The standard InChI is InChI=1S/C18H20O2Si/c1-4-21(20-18(19)15(2)3,16-11-7-5-8-12-16)17-13-9-6-10-14-17/h5-14H,2,4H2,1,3H3. The minimum absolute atomic E-state index is 0.309. The Bertz CT molecular complexity index is 581. The van der Waals surface area contributed by atoms with Gasteiger partial charge in [-0.25, -0.2) is 4.79 Å². The van der Waals surface area contributed by atoms with Gasteiger partial charge in [0, 0.05) is 5.57 Å². The first-order valence-corrected chi connectivity index (χ1v) is 9.21. The van der Waals surface area contributed by atoms with Gasteiger partial charge in [-0.3, -0.25) is 0 Å². The van der Waals surface area contributed by atoms with Crippen LogP contribution >= 0.6 is 0 Å². The lowest BCUT2D eigenvalue weighted by Gasteiger charge is -2.31. The minimum atomic E-state index is -2.56. The highest BCUT2D eigenvalue weighted by atomic mass is 28.4. The van der Waals surface area contributed by atoms with Crippen molar-refractivity contribution in [2.75, 3.05) is 0 Å². The molecule has 21 heavy (non-hydrogen) atoms. The fourth-order valence-corrected chi connectivity index (χ4v) is 5.91. The molecule has 0 atom stereocenters. The summed E-state index contributed by atoms with van der Waals surface area (Å²) in [6.07, 6.45) is 0. The number of hydrogen-bond donors (Lipinski definition) is 0. The number of rotatable bonds is 5. The Hall–Kier alpha value is -2.13. The second-order valence-corrected chi connectivity index (χ2v) is 8.80. The van der Waals surface area contributed by atoms with E-state index in [0.29, 0.717) is 5.57 Å². The molecule has 0 unspecified atom stereocenters. The molecule has 3 heteroatoms. The van der Waals surface area contributed by atoms with Gasteiger partial charge in [-0.05, 0) is 23.3 Å². The van der Waals surface area contributed by atoms with Gasteiger partial charge < -0.3 is 4.43 Å².